The molecule has 1 saturated carbocycles. The van der Waals surface area contributed by atoms with Crippen LogP contribution >= 0.6 is 23.2 Å². The molecule has 0 unspecified atom stereocenters. The Labute approximate surface area is 215 Å². The van der Waals surface area contributed by atoms with Crippen molar-refractivity contribution in [2.75, 3.05) is 11.9 Å². The summed E-state index contributed by atoms with van der Waals surface area (Å²) in [5.41, 5.74) is 0.658. The van der Waals surface area contributed by atoms with Crippen LogP contribution in [0.4, 0.5) is 5.69 Å². The molecule has 0 aliphatic heterocycles. The molecule has 0 saturated heterocycles. The molecule has 4 rings (SSSR count). The van der Waals surface area contributed by atoms with E-state index >= 15 is 0 Å². The third-order valence-corrected chi connectivity index (χ3v) is 6.98. The van der Waals surface area contributed by atoms with Crippen molar-refractivity contribution in [3.63, 3.8) is 0 Å². The number of halogens is 2. The van der Waals surface area contributed by atoms with Gasteiger partial charge in [0.1, 0.15) is 17.0 Å². The van der Waals surface area contributed by atoms with Gasteiger partial charge in [0.25, 0.3) is 5.91 Å². The van der Waals surface area contributed by atoms with Crippen molar-refractivity contribution in [1.29, 1.82) is 0 Å². The maximum Gasteiger partial charge on any atom is 0.261 e. The van der Waals surface area contributed by atoms with E-state index in [2.05, 4.69) is 5.32 Å². The van der Waals surface area contributed by atoms with Gasteiger partial charge < -0.3 is 19.4 Å². The summed E-state index contributed by atoms with van der Waals surface area (Å²) in [7, 11) is 0. The second-order valence-corrected chi connectivity index (χ2v) is 9.63. The van der Waals surface area contributed by atoms with Crippen molar-refractivity contribution < 1.29 is 18.7 Å². The number of carbonyl (C=O) groups excluding carboxylic acids is 2. The number of nitrogens with one attached hydrogen (secondary N) is 1. The second-order valence-electron chi connectivity index (χ2n) is 8.78. The molecule has 8 heteroatoms. The Kier molecular flexibility index (Phi) is 8.04. The molecule has 3 aromatic rings. The van der Waals surface area contributed by atoms with Gasteiger partial charge in [-0.05, 0) is 61.7 Å². The van der Waals surface area contributed by atoms with E-state index in [-0.39, 0.29) is 25.0 Å². The molecule has 1 fully saturated rings. The largest absolute Gasteiger partial charge is 0.482 e. The first-order chi connectivity index (χ1) is 16.9. The van der Waals surface area contributed by atoms with Crippen LogP contribution in [0.15, 0.2) is 65.3 Å². The Bertz CT molecular complexity index is 1170. The van der Waals surface area contributed by atoms with E-state index in [1.807, 2.05) is 31.2 Å². The minimum atomic E-state index is -1.03. The lowest BCUT2D eigenvalue weighted by Gasteiger charge is -2.44. The van der Waals surface area contributed by atoms with E-state index in [1.54, 1.807) is 41.5 Å². The van der Waals surface area contributed by atoms with Gasteiger partial charge in [0, 0.05) is 10.7 Å². The average Bonchev–Trinajstić information content (AvgIpc) is 3.37. The molecule has 1 N–H and O–H groups in total. The van der Waals surface area contributed by atoms with Crippen LogP contribution in [0, 0.1) is 6.92 Å². The van der Waals surface area contributed by atoms with E-state index in [9.17, 15) is 9.59 Å². The third kappa shape index (κ3) is 5.82. The topological polar surface area (TPSA) is 71.8 Å². The van der Waals surface area contributed by atoms with Crippen molar-refractivity contribution in [3.05, 3.63) is 82.2 Å². The molecule has 184 valence electrons. The van der Waals surface area contributed by atoms with Gasteiger partial charge >= 0.3 is 0 Å². The van der Waals surface area contributed by atoms with Gasteiger partial charge in [-0.3, -0.25) is 9.59 Å². The van der Waals surface area contributed by atoms with Gasteiger partial charge in [-0.25, -0.2) is 0 Å². The molecule has 1 aromatic heterocycles. The summed E-state index contributed by atoms with van der Waals surface area (Å²) in [5.74, 6) is 0.422. The minimum Gasteiger partial charge on any atom is -0.482 e. The molecule has 0 bridgehead atoms. The number of hydrogen-bond donors (Lipinski definition) is 1. The molecule has 0 spiro atoms. The highest BCUT2D eigenvalue weighted by molar-refractivity contribution is 6.35. The van der Waals surface area contributed by atoms with Gasteiger partial charge in [-0.1, -0.05) is 60.7 Å². The fourth-order valence-corrected chi connectivity index (χ4v) is 5.02. The Morgan fingerprint density at radius 3 is 2.51 bits per heavy atom. The Morgan fingerprint density at radius 1 is 1.06 bits per heavy atom. The number of rotatable bonds is 8. The minimum absolute atomic E-state index is 0.157. The van der Waals surface area contributed by atoms with Crippen LogP contribution in [-0.4, -0.2) is 28.9 Å². The van der Waals surface area contributed by atoms with Crippen LogP contribution in [0.3, 0.4) is 0 Å². The highest BCUT2D eigenvalue weighted by atomic mass is 35.5. The smallest absolute Gasteiger partial charge is 0.261 e. The van der Waals surface area contributed by atoms with Crippen LogP contribution < -0.4 is 10.1 Å². The van der Waals surface area contributed by atoms with E-state index in [0.717, 1.165) is 30.5 Å². The maximum atomic E-state index is 13.9. The highest BCUT2D eigenvalue weighted by Crippen LogP contribution is 2.37. The Morgan fingerprint density at radius 2 is 1.83 bits per heavy atom. The lowest BCUT2D eigenvalue weighted by Crippen LogP contribution is -2.60. The van der Waals surface area contributed by atoms with Gasteiger partial charge in [-0.15, -0.1) is 0 Å². The monoisotopic (exact) mass is 514 g/mol. The van der Waals surface area contributed by atoms with E-state index < -0.39 is 5.54 Å². The summed E-state index contributed by atoms with van der Waals surface area (Å²) in [6, 6.07) is 16.0. The normalized spacial score (nSPS) is 14.8. The zero-order valence-corrected chi connectivity index (χ0v) is 21.1. The summed E-state index contributed by atoms with van der Waals surface area (Å²) in [4.78, 5) is 29.1. The first-order valence-corrected chi connectivity index (χ1v) is 12.4. The fraction of sp³-hybridized carbons (Fsp3) is 0.333. The molecule has 6 nitrogen and oxygen atoms in total. The summed E-state index contributed by atoms with van der Waals surface area (Å²) >= 11 is 12.2. The van der Waals surface area contributed by atoms with Crippen LogP contribution in [-0.2, 0) is 16.1 Å². The number of benzene rings is 2. The van der Waals surface area contributed by atoms with E-state index in [4.69, 9.17) is 32.4 Å². The molecule has 0 radical (unpaired) electrons. The van der Waals surface area contributed by atoms with Crippen molar-refractivity contribution in [2.24, 2.45) is 0 Å². The first kappa shape index (κ1) is 25.1. The van der Waals surface area contributed by atoms with E-state index in [0.29, 0.717) is 34.4 Å². The number of anilines is 1. The number of hydrogen-bond acceptors (Lipinski definition) is 4. The zero-order chi connectivity index (χ0) is 24.8. The summed E-state index contributed by atoms with van der Waals surface area (Å²) in [5, 5.41) is 3.87. The van der Waals surface area contributed by atoms with Crippen molar-refractivity contribution in [3.8, 4) is 5.75 Å². The third-order valence-electron chi connectivity index (χ3n) is 6.45. The molecule has 1 heterocycles. The van der Waals surface area contributed by atoms with Crippen LogP contribution in [0.5, 0.6) is 5.75 Å². The number of ether oxygens (including phenoxy) is 1. The lowest BCUT2D eigenvalue weighted by atomic mass is 9.79. The zero-order valence-electron chi connectivity index (χ0n) is 19.6. The number of amides is 2. The van der Waals surface area contributed by atoms with Crippen LogP contribution in [0.25, 0.3) is 0 Å². The molecule has 2 amide bonds. The Hall–Kier alpha value is -2.96. The SMILES string of the molecule is Cc1ccccc1NC(=O)C1(N(Cc2ccco2)C(=O)COc2ccc(Cl)cc2Cl)CCCCC1. The second kappa shape index (κ2) is 11.2. The quantitative estimate of drug-likeness (QED) is 0.365. The molecule has 1 aliphatic rings. The number of nitrogens with zero attached hydrogens (tertiary/aromatic N) is 1. The molecule has 2 aromatic carbocycles. The van der Waals surface area contributed by atoms with Crippen molar-refractivity contribution >= 4 is 40.7 Å². The maximum absolute atomic E-state index is 13.9. The van der Waals surface area contributed by atoms with Crippen molar-refractivity contribution in [1.82, 2.24) is 4.90 Å². The number of carbonyl (C=O) groups is 2. The average molecular weight is 515 g/mol. The molecule has 0 atom stereocenters. The van der Waals surface area contributed by atoms with Crippen LogP contribution in [0.2, 0.25) is 10.0 Å². The predicted molar refractivity (Wildman–Crippen MR) is 137 cm³/mol. The van der Waals surface area contributed by atoms with Gasteiger partial charge in [0.05, 0.1) is 17.8 Å². The van der Waals surface area contributed by atoms with Crippen LogP contribution in [0.1, 0.15) is 43.4 Å². The summed E-state index contributed by atoms with van der Waals surface area (Å²) < 4.78 is 11.3. The number of furan rings is 1. The van der Waals surface area contributed by atoms with Gasteiger partial charge in [-0.2, -0.15) is 0 Å². The molecule has 35 heavy (non-hydrogen) atoms. The number of aryl methyl sites for hydroxylation is 1. The Balaban J connectivity index is 1.63. The lowest BCUT2D eigenvalue weighted by molar-refractivity contribution is -0.150. The van der Waals surface area contributed by atoms with E-state index in [1.165, 1.54) is 0 Å². The predicted octanol–water partition coefficient (Wildman–Crippen LogP) is 6.64. The van der Waals surface area contributed by atoms with Gasteiger partial charge in [0.15, 0.2) is 6.61 Å². The van der Waals surface area contributed by atoms with Crippen molar-refractivity contribution in [2.45, 2.75) is 51.1 Å². The summed E-state index contributed by atoms with van der Waals surface area (Å²) in [6.45, 7) is 1.82. The standard InChI is InChI=1S/C27H28Cl2N2O4/c1-19-8-3-4-10-23(19)30-26(33)27(13-5-2-6-14-27)31(17-21-9-7-15-34-21)25(32)18-35-24-12-11-20(28)16-22(24)29/h3-4,7-12,15-16H,2,5-6,13-14,17-18H2,1H3,(H,30,33). The molecular weight excluding hydrogens is 487 g/mol. The highest BCUT2D eigenvalue weighted by Gasteiger charge is 2.47. The summed E-state index contributed by atoms with van der Waals surface area (Å²) in [6.07, 6.45) is 5.36. The number of para-hydroxylation sites is 1. The fourth-order valence-electron chi connectivity index (χ4n) is 4.55. The first-order valence-electron chi connectivity index (χ1n) is 11.7. The molecule has 1 aliphatic carbocycles. The molecular formula is C27H28Cl2N2O4. The van der Waals surface area contributed by atoms with Gasteiger partial charge in [0.2, 0.25) is 5.91 Å².